The summed E-state index contributed by atoms with van der Waals surface area (Å²) in [5.41, 5.74) is 0.932. The van der Waals surface area contributed by atoms with Gasteiger partial charge in [0.25, 0.3) is 0 Å². The molecule has 4 heteroatoms. The standard InChI is InChI=1S/C17H18BrNOS/c1-10-4-7-17(21-10)12(3)19-11(2)16-9-13-8-14(18)5-6-15(13)20-16/h4-9,11-12,19H,1-3H3. The quantitative estimate of drug-likeness (QED) is 0.616. The van der Waals surface area contributed by atoms with Crippen LogP contribution in [0, 0.1) is 6.92 Å². The largest absolute Gasteiger partial charge is 0.459 e. The molecular weight excluding hydrogens is 346 g/mol. The molecule has 2 unspecified atom stereocenters. The van der Waals surface area contributed by atoms with E-state index in [1.165, 1.54) is 9.75 Å². The number of hydrogen-bond donors (Lipinski definition) is 1. The first-order chi connectivity index (χ1) is 10.0. The Balaban J connectivity index is 1.78. The molecule has 0 bridgehead atoms. The molecule has 2 heterocycles. The van der Waals surface area contributed by atoms with Crippen molar-refractivity contribution in [3.63, 3.8) is 0 Å². The van der Waals surface area contributed by atoms with Crippen LogP contribution in [0.15, 0.2) is 45.3 Å². The van der Waals surface area contributed by atoms with E-state index in [9.17, 15) is 0 Å². The van der Waals surface area contributed by atoms with Gasteiger partial charge in [-0.05, 0) is 57.2 Å². The van der Waals surface area contributed by atoms with Crippen LogP contribution >= 0.6 is 27.3 Å². The lowest BCUT2D eigenvalue weighted by Crippen LogP contribution is -2.21. The van der Waals surface area contributed by atoms with Crippen LogP contribution in [0.4, 0.5) is 0 Å². The maximum atomic E-state index is 5.95. The fourth-order valence-electron chi connectivity index (χ4n) is 2.47. The van der Waals surface area contributed by atoms with Crippen molar-refractivity contribution < 1.29 is 4.42 Å². The lowest BCUT2D eigenvalue weighted by molar-refractivity contribution is 0.420. The van der Waals surface area contributed by atoms with E-state index in [1.54, 1.807) is 0 Å². The van der Waals surface area contributed by atoms with Gasteiger partial charge < -0.3 is 9.73 Å². The number of aryl methyl sites for hydroxylation is 1. The molecule has 0 fully saturated rings. The van der Waals surface area contributed by atoms with Crippen molar-refractivity contribution in [1.82, 2.24) is 5.32 Å². The smallest absolute Gasteiger partial charge is 0.134 e. The Morgan fingerprint density at radius 2 is 1.90 bits per heavy atom. The molecule has 21 heavy (non-hydrogen) atoms. The normalized spacial score (nSPS) is 14.5. The van der Waals surface area contributed by atoms with Gasteiger partial charge in [-0.25, -0.2) is 0 Å². The van der Waals surface area contributed by atoms with Gasteiger partial charge in [-0.15, -0.1) is 11.3 Å². The lowest BCUT2D eigenvalue weighted by atomic mass is 10.2. The van der Waals surface area contributed by atoms with E-state index in [0.29, 0.717) is 6.04 Å². The van der Waals surface area contributed by atoms with Gasteiger partial charge in [-0.1, -0.05) is 15.9 Å². The molecule has 2 atom stereocenters. The molecule has 0 aliphatic rings. The number of thiophene rings is 1. The third kappa shape index (κ3) is 3.23. The molecule has 2 aromatic heterocycles. The second kappa shape index (κ2) is 5.95. The van der Waals surface area contributed by atoms with E-state index in [-0.39, 0.29) is 6.04 Å². The lowest BCUT2D eigenvalue weighted by Gasteiger charge is -2.17. The van der Waals surface area contributed by atoms with E-state index >= 15 is 0 Å². The van der Waals surface area contributed by atoms with Crippen molar-refractivity contribution in [2.75, 3.05) is 0 Å². The van der Waals surface area contributed by atoms with Crippen molar-refractivity contribution in [3.05, 3.63) is 56.4 Å². The Labute approximate surface area is 137 Å². The Kier molecular flexibility index (Phi) is 4.20. The van der Waals surface area contributed by atoms with E-state index in [4.69, 9.17) is 4.42 Å². The monoisotopic (exact) mass is 363 g/mol. The van der Waals surface area contributed by atoms with Gasteiger partial charge in [0.1, 0.15) is 11.3 Å². The predicted octanol–water partition coefficient (Wildman–Crippen LogP) is 5.98. The number of nitrogens with one attached hydrogen (secondary N) is 1. The van der Waals surface area contributed by atoms with Crippen LogP contribution in [-0.2, 0) is 0 Å². The van der Waals surface area contributed by atoms with Crippen molar-refractivity contribution in [1.29, 1.82) is 0 Å². The summed E-state index contributed by atoms with van der Waals surface area (Å²) in [6.45, 7) is 6.48. The van der Waals surface area contributed by atoms with Gasteiger partial charge in [-0.2, -0.15) is 0 Å². The highest BCUT2D eigenvalue weighted by molar-refractivity contribution is 9.10. The first-order valence-corrected chi connectivity index (χ1v) is 8.65. The molecule has 0 spiro atoms. The first-order valence-electron chi connectivity index (χ1n) is 7.04. The van der Waals surface area contributed by atoms with Gasteiger partial charge >= 0.3 is 0 Å². The van der Waals surface area contributed by atoms with E-state index in [0.717, 1.165) is 21.2 Å². The number of furan rings is 1. The third-order valence-corrected chi connectivity index (χ3v) is 5.29. The molecule has 2 nitrogen and oxygen atoms in total. The van der Waals surface area contributed by atoms with E-state index < -0.39 is 0 Å². The van der Waals surface area contributed by atoms with Gasteiger partial charge in [0.15, 0.2) is 0 Å². The molecule has 0 amide bonds. The van der Waals surface area contributed by atoms with Crippen LogP contribution in [-0.4, -0.2) is 0 Å². The van der Waals surface area contributed by atoms with Gasteiger partial charge in [0.2, 0.25) is 0 Å². The van der Waals surface area contributed by atoms with Crippen molar-refractivity contribution >= 4 is 38.2 Å². The average molecular weight is 364 g/mol. The fourth-order valence-corrected chi connectivity index (χ4v) is 3.74. The second-order valence-electron chi connectivity index (χ2n) is 5.39. The summed E-state index contributed by atoms with van der Waals surface area (Å²) >= 11 is 5.34. The second-order valence-corrected chi connectivity index (χ2v) is 7.62. The average Bonchev–Trinajstić information content (AvgIpc) is 3.04. The highest BCUT2D eigenvalue weighted by Crippen LogP contribution is 2.29. The minimum Gasteiger partial charge on any atom is -0.459 e. The number of benzene rings is 1. The molecule has 110 valence electrons. The van der Waals surface area contributed by atoms with Crippen molar-refractivity contribution in [3.8, 4) is 0 Å². The van der Waals surface area contributed by atoms with Crippen LogP contribution in [0.2, 0.25) is 0 Å². The Morgan fingerprint density at radius 1 is 1.10 bits per heavy atom. The van der Waals surface area contributed by atoms with Gasteiger partial charge in [0.05, 0.1) is 6.04 Å². The van der Waals surface area contributed by atoms with E-state index in [2.05, 4.69) is 66.3 Å². The maximum Gasteiger partial charge on any atom is 0.134 e. The Hall–Kier alpha value is -1.10. The molecule has 0 aliphatic heterocycles. The van der Waals surface area contributed by atoms with Crippen LogP contribution in [0.1, 0.15) is 41.4 Å². The topological polar surface area (TPSA) is 25.2 Å². The molecule has 0 saturated heterocycles. The number of rotatable bonds is 4. The first kappa shape index (κ1) is 14.8. The summed E-state index contributed by atoms with van der Waals surface area (Å²) in [6.07, 6.45) is 0. The Morgan fingerprint density at radius 3 is 2.62 bits per heavy atom. The molecule has 0 saturated carbocycles. The SMILES string of the molecule is Cc1ccc(C(C)NC(C)c2cc3cc(Br)ccc3o2)s1. The zero-order chi connectivity index (χ0) is 15.0. The number of fused-ring (bicyclic) bond motifs is 1. The minimum atomic E-state index is 0.175. The van der Waals surface area contributed by atoms with Crippen LogP contribution in [0.3, 0.4) is 0 Å². The van der Waals surface area contributed by atoms with Crippen LogP contribution in [0.5, 0.6) is 0 Å². The highest BCUT2D eigenvalue weighted by atomic mass is 79.9. The van der Waals surface area contributed by atoms with Crippen molar-refractivity contribution in [2.45, 2.75) is 32.9 Å². The molecule has 0 radical (unpaired) electrons. The van der Waals surface area contributed by atoms with Gasteiger partial charge in [0, 0.05) is 25.7 Å². The van der Waals surface area contributed by atoms with Crippen LogP contribution in [0.25, 0.3) is 11.0 Å². The predicted molar refractivity (Wildman–Crippen MR) is 92.9 cm³/mol. The zero-order valence-electron chi connectivity index (χ0n) is 12.3. The maximum absolute atomic E-state index is 5.95. The summed E-state index contributed by atoms with van der Waals surface area (Å²) in [4.78, 5) is 2.71. The fraction of sp³-hybridized carbons (Fsp3) is 0.294. The summed E-state index contributed by atoms with van der Waals surface area (Å²) in [6, 6.07) is 13.1. The number of halogens is 1. The third-order valence-electron chi connectivity index (χ3n) is 3.61. The number of hydrogen-bond acceptors (Lipinski definition) is 3. The van der Waals surface area contributed by atoms with Gasteiger partial charge in [-0.3, -0.25) is 0 Å². The summed E-state index contributed by atoms with van der Waals surface area (Å²) in [5, 5.41) is 4.74. The minimum absolute atomic E-state index is 0.175. The zero-order valence-corrected chi connectivity index (χ0v) is 14.7. The highest BCUT2D eigenvalue weighted by Gasteiger charge is 2.16. The molecule has 1 aromatic carbocycles. The molecule has 3 rings (SSSR count). The summed E-state index contributed by atoms with van der Waals surface area (Å²) < 4.78 is 7.02. The molecule has 0 aliphatic carbocycles. The van der Waals surface area contributed by atoms with E-state index in [1.807, 2.05) is 23.5 Å². The Bertz CT molecular complexity index is 761. The van der Waals surface area contributed by atoms with Crippen LogP contribution < -0.4 is 5.32 Å². The molecule has 3 aromatic rings. The summed E-state index contributed by atoms with van der Waals surface area (Å²) in [7, 11) is 0. The molecular formula is C17H18BrNOS. The van der Waals surface area contributed by atoms with Crippen molar-refractivity contribution in [2.24, 2.45) is 0 Å². The summed E-state index contributed by atoms with van der Waals surface area (Å²) in [5.74, 6) is 0.975. The molecule has 1 N–H and O–H groups in total.